The van der Waals surface area contributed by atoms with E-state index in [9.17, 15) is 9.59 Å². The summed E-state index contributed by atoms with van der Waals surface area (Å²) in [5.74, 6) is 0.394. The second-order valence-electron chi connectivity index (χ2n) is 6.75. The van der Waals surface area contributed by atoms with Gasteiger partial charge < -0.3 is 20.1 Å². The molecule has 1 heterocycles. The summed E-state index contributed by atoms with van der Waals surface area (Å²) in [7, 11) is 0. The van der Waals surface area contributed by atoms with Gasteiger partial charge in [0.25, 0.3) is 11.8 Å². The lowest BCUT2D eigenvalue weighted by Crippen LogP contribution is -2.31. The molecule has 1 saturated heterocycles. The van der Waals surface area contributed by atoms with E-state index < -0.39 is 0 Å². The van der Waals surface area contributed by atoms with Gasteiger partial charge in [-0.05, 0) is 67.8 Å². The number of anilines is 1. The van der Waals surface area contributed by atoms with Gasteiger partial charge in [0, 0.05) is 30.0 Å². The van der Waals surface area contributed by atoms with E-state index in [0.29, 0.717) is 30.0 Å². The van der Waals surface area contributed by atoms with E-state index >= 15 is 0 Å². The van der Waals surface area contributed by atoms with E-state index in [4.69, 9.17) is 9.47 Å². The molecule has 6 heteroatoms. The molecule has 0 saturated carbocycles. The van der Waals surface area contributed by atoms with Crippen molar-refractivity contribution in [1.29, 1.82) is 0 Å². The van der Waals surface area contributed by atoms with Gasteiger partial charge in [0.1, 0.15) is 5.75 Å². The zero-order chi connectivity index (χ0) is 19.8. The van der Waals surface area contributed by atoms with E-state index in [0.717, 1.165) is 31.6 Å². The van der Waals surface area contributed by atoms with Crippen molar-refractivity contribution >= 4 is 17.5 Å². The number of hydrogen-bond donors (Lipinski definition) is 2. The van der Waals surface area contributed by atoms with Crippen LogP contribution in [0.3, 0.4) is 0 Å². The van der Waals surface area contributed by atoms with E-state index in [2.05, 4.69) is 10.6 Å². The van der Waals surface area contributed by atoms with Crippen LogP contribution in [-0.4, -0.2) is 37.7 Å². The summed E-state index contributed by atoms with van der Waals surface area (Å²) in [6, 6.07) is 13.9. The molecule has 0 aliphatic carbocycles. The Bertz CT molecular complexity index is 781. The van der Waals surface area contributed by atoms with Crippen molar-refractivity contribution in [2.75, 3.05) is 25.1 Å². The fourth-order valence-corrected chi connectivity index (χ4v) is 2.94. The molecule has 0 aromatic heterocycles. The molecule has 0 bridgehead atoms. The number of carbonyl (C=O) groups excluding carboxylic acids is 2. The van der Waals surface area contributed by atoms with Crippen LogP contribution in [0, 0.1) is 0 Å². The highest BCUT2D eigenvalue weighted by Gasteiger charge is 2.16. The summed E-state index contributed by atoms with van der Waals surface area (Å²) in [6.07, 6.45) is 3.08. The van der Waals surface area contributed by atoms with E-state index in [1.807, 2.05) is 6.92 Å². The molecule has 3 rings (SSSR count). The van der Waals surface area contributed by atoms with Gasteiger partial charge in [0.15, 0.2) is 0 Å². The minimum atomic E-state index is -0.211. The highest BCUT2D eigenvalue weighted by molar-refractivity contribution is 6.04. The monoisotopic (exact) mass is 382 g/mol. The molecular formula is C22H26N2O4. The highest BCUT2D eigenvalue weighted by atomic mass is 16.5. The standard InChI is InChI=1S/C22H26N2O4/c1-2-13-27-19-11-7-17(8-12-19)22(26)24-18-9-5-16(6-10-18)21(25)23-15-20-4-3-14-28-20/h5-12,20H,2-4,13-15H2,1H3,(H,23,25)(H,24,26). The van der Waals surface area contributed by atoms with Crippen molar-refractivity contribution in [3.8, 4) is 5.75 Å². The highest BCUT2D eigenvalue weighted by Crippen LogP contribution is 2.16. The Morgan fingerprint density at radius 1 is 1.04 bits per heavy atom. The number of hydrogen-bond acceptors (Lipinski definition) is 4. The molecule has 1 fully saturated rings. The van der Waals surface area contributed by atoms with Crippen LogP contribution in [0.4, 0.5) is 5.69 Å². The number of ether oxygens (including phenoxy) is 2. The molecule has 1 aliphatic rings. The lowest BCUT2D eigenvalue weighted by atomic mass is 10.1. The largest absolute Gasteiger partial charge is 0.494 e. The van der Waals surface area contributed by atoms with Crippen LogP contribution in [0.5, 0.6) is 5.75 Å². The predicted molar refractivity (Wildman–Crippen MR) is 108 cm³/mol. The molecule has 2 aromatic carbocycles. The van der Waals surface area contributed by atoms with Gasteiger partial charge in [-0.25, -0.2) is 0 Å². The van der Waals surface area contributed by atoms with Crippen molar-refractivity contribution in [2.24, 2.45) is 0 Å². The third-order valence-corrected chi connectivity index (χ3v) is 4.51. The van der Waals surface area contributed by atoms with Gasteiger partial charge in [-0.1, -0.05) is 6.92 Å². The first-order valence-corrected chi connectivity index (χ1v) is 9.70. The van der Waals surface area contributed by atoms with Gasteiger partial charge in [-0.15, -0.1) is 0 Å². The van der Waals surface area contributed by atoms with E-state index in [1.165, 1.54) is 0 Å². The Hall–Kier alpha value is -2.86. The number of benzene rings is 2. The second kappa shape index (κ2) is 9.90. The van der Waals surface area contributed by atoms with E-state index in [-0.39, 0.29) is 17.9 Å². The Morgan fingerprint density at radius 2 is 1.71 bits per heavy atom. The average Bonchev–Trinajstić information content (AvgIpc) is 3.25. The quantitative estimate of drug-likeness (QED) is 0.731. The molecular weight excluding hydrogens is 356 g/mol. The molecule has 28 heavy (non-hydrogen) atoms. The van der Waals surface area contributed by atoms with Gasteiger partial charge in [0.2, 0.25) is 0 Å². The van der Waals surface area contributed by atoms with Crippen molar-refractivity contribution < 1.29 is 19.1 Å². The van der Waals surface area contributed by atoms with E-state index in [1.54, 1.807) is 48.5 Å². The summed E-state index contributed by atoms with van der Waals surface area (Å²) in [4.78, 5) is 24.6. The molecule has 6 nitrogen and oxygen atoms in total. The maximum atomic E-state index is 12.4. The smallest absolute Gasteiger partial charge is 0.255 e. The minimum absolute atomic E-state index is 0.112. The van der Waals surface area contributed by atoms with Crippen LogP contribution in [0.25, 0.3) is 0 Å². The zero-order valence-electron chi connectivity index (χ0n) is 16.1. The Balaban J connectivity index is 1.51. The number of carbonyl (C=O) groups is 2. The summed E-state index contributed by atoms with van der Waals surface area (Å²) in [6.45, 7) is 3.98. The Kier molecular flexibility index (Phi) is 7.03. The first-order valence-electron chi connectivity index (χ1n) is 9.70. The third-order valence-electron chi connectivity index (χ3n) is 4.51. The van der Waals surface area contributed by atoms with Crippen LogP contribution in [-0.2, 0) is 4.74 Å². The minimum Gasteiger partial charge on any atom is -0.494 e. The average molecular weight is 382 g/mol. The Labute approximate surface area is 165 Å². The van der Waals surface area contributed by atoms with Crippen molar-refractivity contribution in [2.45, 2.75) is 32.3 Å². The SMILES string of the molecule is CCCOc1ccc(C(=O)Nc2ccc(C(=O)NCC3CCCO3)cc2)cc1. The number of rotatable bonds is 8. The van der Waals surface area contributed by atoms with Crippen molar-refractivity contribution in [3.63, 3.8) is 0 Å². The first kappa shape index (κ1) is 19.9. The fourth-order valence-electron chi connectivity index (χ4n) is 2.94. The third kappa shape index (κ3) is 5.57. The van der Waals surface area contributed by atoms with Crippen LogP contribution in [0.1, 0.15) is 46.9 Å². The molecule has 148 valence electrons. The summed E-state index contributed by atoms with van der Waals surface area (Å²) in [5, 5.41) is 5.72. The zero-order valence-corrected chi connectivity index (χ0v) is 16.1. The van der Waals surface area contributed by atoms with Crippen LogP contribution < -0.4 is 15.4 Å². The molecule has 2 amide bonds. The molecule has 0 radical (unpaired) electrons. The summed E-state index contributed by atoms with van der Waals surface area (Å²) in [5.41, 5.74) is 1.72. The van der Waals surface area contributed by atoms with Gasteiger partial charge in [-0.3, -0.25) is 9.59 Å². The fraction of sp³-hybridized carbons (Fsp3) is 0.364. The number of amides is 2. The van der Waals surface area contributed by atoms with Gasteiger partial charge in [0.05, 0.1) is 12.7 Å². The summed E-state index contributed by atoms with van der Waals surface area (Å²) < 4.78 is 11.0. The lowest BCUT2D eigenvalue weighted by molar-refractivity contribution is 0.0857. The van der Waals surface area contributed by atoms with Crippen LogP contribution in [0.15, 0.2) is 48.5 Å². The van der Waals surface area contributed by atoms with Gasteiger partial charge >= 0.3 is 0 Å². The topological polar surface area (TPSA) is 76.7 Å². The molecule has 0 spiro atoms. The maximum Gasteiger partial charge on any atom is 0.255 e. The van der Waals surface area contributed by atoms with Crippen LogP contribution >= 0.6 is 0 Å². The Morgan fingerprint density at radius 3 is 2.36 bits per heavy atom. The first-order chi connectivity index (χ1) is 13.7. The maximum absolute atomic E-state index is 12.4. The summed E-state index contributed by atoms with van der Waals surface area (Å²) >= 11 is 0. The molecule has 1 aliphatic heterocycles. The van der Waals surface area contributed by atoms with Crippen LogP contribution in [0.2, 0.25) is 0 Å². The van der Waals surface area contributed by atoms with Crippen molar-refractivity contribution in [3.05, 3.63) is 59.7 Å². The molecule has 2 aromatic rings. The molecule has 1 unspecified atom stereocenters. The lowest BCUT2D eigenvalue weighted by Gasteiger charge is -2.11. The van der Waals surface area contributed by atoms with Crippen molar-refractivity contribution in [1.82, 2.24) is 5.32 Å². The normalized spacial score (nSPS) is 15.8. The predicted octanol–water partition coefficient (Wildman–Crippen LogP) is 3.64. The molecule has 2 N–H and O–H groups in total. The van der Waals surface area contributed by atoms with Gasteiger partial charge in [-0.2, -0.15) is 0 Å². The number of nitrogens with one attached hydrogen (secondary N) is 2. The molecule has 1 atom stereocenters. The second-order valence-corrected chi connectivity index (χ2v) is 6.75.